The van der Waals surface area contributed by atoms with Gasteiger partial charge in [0.2, 0.25) is 10.0 Å². The molecule has 196 valence electrons. The van der Waals surface area contributed by atoms with E-state index in [0.717, 1.165) is 13.2 Å². The minimum atomic E-state index is -5.55. The van der Waals surface area contributed by atoms with E-state index in [-0.39, 0.29) is 19.4 Å². The summed E-state index contributed by atoms with van der Waals surface area (Å²) in [4.78, 5) is 25.5. The van der Waals surface area contributed by atoms with Gasteiger partial charge in [0.1, 0.15) is 11.7 Å². The number of halogens is 4. The second-order valence-corrected chi connectivity index (χ2v) is 11.7. The second-order valence-electron chi connectivity index (χ2n) is 9.89. The Morgan fingerprint density at radius 1 is 1.03 bits per heavy atom. The smallest absolute Gasteiger partial charge is 0.448 e. The van der Waals surface area contributed by atoms with E-state index in [2.05, 4.69) is 4.72 Å². The van der Waals surface area contributed by atoms with Crippen molar-refractivity contribution in [3.8, 4) is 0 Å². The Kier molecular flexibility index (Phi) is 9.96. The van der Waals surface area contributed by atoms with E-state index in [1.807, 2.05) is 0 Å². The summed E-state index contributed by atoms with van der Waals surface area (Å²) < 4.78 is 86.3. The second kappa shape index (κ2) is 10.4. The molecule has 0 amide bonds. The van der Waals surface area contributed by atoms with E-state index < -0.39 is 62.9 Å². The zero-order valence-electron chi connectivity index (χ0n) is 20.2. The average Bonchev–Trinajstić information content (AvgIpc) is 2.57. The molecule has 0 aromatic heterocycles. The van der Waals surface area contributed by atoms with Crippen molar-refractivity contribution in [1.29, 1.82) is 0 Å². The molecular weight excluding hydrogens is 474 g/mol. The largest absolute Gasteiger partial charge is 0.462 e. The number of hydrogen-bond acceptors (Lipinski definition) is 7. The molecule has 3 unspecified atom stereocenters. The molecule has 0 heterocycles. The Morgan fingerprint density at radius 2 is 1.52 bits per heavy atom. The average molecular weight is 510 g/mol. The first-order chi connectivity index (χ1) is 14.4. The maximum Gasteiger partial charge on any atom is 0.448 e. The monoisotopic (exact) mass is 509 g/mol. The number of hydrogen-bond donors (Lipinski definition) is 2. The summed E-state index contributed by atoms with van der Waals surface area (Å²) in [5.74, 6) is -6.22. The van der Waals surface area contributed by atoms with Crippen LogP contribution in [0.2, 0.25) is 0 Å². The van der Waals surface area contributed by atoms with E-state index in [4.69, 9.17) is 14.6 Å². The zero-order chi connectivity index (χ0) is 26.7. The number of rotatable bonds is 12. The van der Waals surface area contributed by atoms with Crippen molar-refractivity contribution in [1.82, 2.24) is 4.72 Å². The molecule has 0 bridgehead atoms. The summed E-state index contributed by atoms with van der Waals surface area (Å²) in [6, 6.07) is 0. The van der Waals surface area contributed by atoms with Crippen molar-refractivity contribution < 1.29 is 50.1 Å². The molecule has 0 aromatic carbocycles. The Bertz CT molecular complexity index is 810. The van der Waals surface area contributed by atoms with Gasteiger partial charge in [-0.1, -0.05) is 6.92 Å². The number of esters is 2. The quantitative estimate of drug-likeness (QED) is 0.306. The van der Waals surface area contributed by atoms with Gasteiger partial charge in [0, 0.05) is 6.54 Å². The van der Waals surface area contributed by atoms with Crippen molar-refractivity contribution in [3.05, 3.63) is 0 Å². The molecule has 0 aliphatic rings. The summed E-state index contributed by atoms with van der Waals surface area (Å²) >= 11 is 0. The van der Waals surface area contributed by atoms with Crippen molar-refractivity contribution in [2.45, 2.75) is 91.5 Å². The van der Waals surface area contributed by atoms with Crippen LogP contribution in [-0.4, -0.2) is 62.0 Å². The van der Waals surface area contributed by atoms with Crippen LogP contribution in [0.3, 0.4) is 0 Å². The fraction of sp³-hybridized carbons (Fsp3) is 0.900. The third kappa shape index (κ3) is 10.1. The van der Waals surface area contributed by atoms with Gasteiger partial charge < -0.3 is 14.6 Å². The number of ether oxygens (including phenoxy) is 2. The number of carbonyl (C=O) groups is 2. The lowest BCUT2D eigenvalue weighted by Crippen LogP contribution is -2.46. The zero-order valence-corrected chi connectivity index (χ0v) is 21.0. The molecule has 13 heteroatoms. The van der Waals surface area contributed by atoms with Crippen LogP contribution in [0.1, 0.15) is 67.7 Å². The number of nitrogens with one attached hydrogen (secondary N) is 1. The van der Waals surface area contributed by atoms with Crippen molar-refractivity contribution in [2.24, 2.45) is 10.8 Å². The molecule has 0 spiro atoms. The van der Waals surface area contributed by atoms with Crippen molar-refractivity contribution in [2.75, 3.05) is 12.8 Å². The molecule has 0 aromatic rings. The van der Waals surface area contributed by atoms with Gasteiger partial charge in [-0.25, -0.2) is 17.5 Å². The van der Waals surface area contributed by atoms with Crippen molar-refractivity contribution in [3.63, 3.8) is 0 Å². The van der Waals surface area contributed by atoms with E-state index >= 15 is 0 Å². The molecule has 0 aliphatic carbocycles. The summed E-state index contributed by atoms with van der Waals surface area (Å²) in [6.07, 6.45) is -7.70. The van der Waals surface area contributed by atoms with Crippen LogP contribution >= 0.6 is 0 Å². The molecule has 0 aliphatic heterocycles. The number of sulfonamides is 1. The van der Waals surface area contributed by atoms with E-state index in [1.54, 1.807) is 6.92 Å². The van der Waals surface area contributed by atoms with Gasteiger partial charge in [-0.2, -0.15) is 13.2 Å². The van der Waals surface area contributed by atoms with Gasteiger partial charge in [0.05, 0.1) is 23.5 Å². The van der Waals surface area contributed by atoms with Crippen LogP contribution in [0.15, 0.2) is 0 Å². The Morgan fingerprint density at radius 3 is 1.91 bits per heavy atom. The first kappa shape index (κ1) is 31.5. The Hall–Kier alpha value is -1.47. The highest BCUT2D eigenvalue weighted by Gasteiger charge is 2.56. The van der Waals surface area contributed by atoms with Gasteiger partial charge in [-0.3, -0.25) is 9.59 Å². The standard InChI is InChI=1S/C20H35F4NO7S/c1-9-18(7,15(27)31-13(2)10-19(21,28)20(22,23)24)11-16(3,4)14(26)32-17(5,6)12-25-33(8,29)30/h13,25,28H,9-12H2,1-8H3. The molecule has 0 radical (unpaired) electrons. The highest BCUT2D eigenvalue weighted by atomic mass is 32.2. The van der Waals surface area contributed by atoms with Crippen LogP contribution < -0.4 is 4.72 Å². The highest BCUT2D eigenvalue weighted by molar-refractivity contribution is 7.88. The van der Waals surface area contributed by atoms with Crippen LogP contribution in [0.4, 0.5) is 17.6 Å². The molecule has 0 fully saturated rings. The molecule has 3 atom stereocenters. The summed E-state index contributed by atoms with van der Waals surface area (Å²) in [6.45, 7) is 9.84. The van der Waals surface area contributed by atoms with Gasteiger partial charge >= 0.3 is 24.0 Å². The molecule has 0 saturated heterocycles. The Labute approximate surface area is 192 Å². The lowest BCUT2D eigenvalue weighted by molar-refractivity contribution is -0.322. The predicted octanol–water partition coefficient (Wildman–Crippen LogP) is 3.23. The lowest BCUT2D eigenvalue weighted by atomic mass is 9.72. The molecule has 0 rings (SSSR count). The van der Waals surface area contributed by atoms with Gasteiger partial charge in [-0.15, -0.1) is 0 Å². The molecule has 33 heavy (non-hydrogen) atoms. The highest BCUT2D eigenvalue weighted by Crippen LogP contribution is 2.40. The normalized spacial score (nSPS) is 18.1. The van der Waals surface area contributed by atoms with E-state index in [0.29, 0.717) is 0 Å². The number of aliphatic hydroxyl groups is 1. The molecular formula is C20H35F4NO7S. The first-order valence-electron chi connectivity index (χ1n) is 10.2. The summed E-state index contributed by atoms with van der Waals surface area (Å²) in [5, 5.41) is 8.97. The molecule has 2 N–H and O–H groups in total. The first-order valence-corrected chi connectivity index (χ1v) is 12.1. The van der Waals surface area contributed by atoms with Gasteiger partial charge in [0.15, 0.2) is 0 Å². The third-order valence-electron chi connectivity index (χ3n) is 5.09. The van der Waals surface area contributed by atoms with Crippen LogP contribution in [0.25, 0.3) is 0 Å². The molecule has 8 nitrogen and oxygen atoms in total. The lowest BCUT2D eigenvalue weighted by Gasteiger charge is -2.37. The van der Waals surface area contributed by atoms with Crippen LogP contribution in [0.5, 0.6) is 0 Å². The van der Waals surface area contributed by atoms with Crippen LogP contribution in [0, 0.1) is 10.8 Å². The van der Waals surface area contributed by atoms with Gasteiger partial charge in [0.25, 0.3) is 0 Å². The Balaban J connectivity index is 5.35. The number of alkyl halides is 4. The third-order valence-corrected chi connectivity index (χ3v) is 5.76. The summed E-state index contributed by atoms with van der Waals surface area (Å²) in [7, 11) is -3.52. The maximum absolute atomic E-state index is 13.5. The summed E-state index contributed by atoms with van der Waals surface area (Å²) in [5.41, 5.74) is -3.83. The minimum absolute atomic E-state index is 0.129. The fourth-order valence-corrected chi connectivity index (χ4v) is 3.59. The van der Waals surface area contributed by atoms with Crippen LogP contribution in [-0.2, 0) is 29.1 Å². The SMILES string of the molecule is CCC(C)(CC(C)(C)C(=O)OC(C)(C)CNS(C)(=O)=O)C(=O)OC(C)CC(O)(F)C(F)(F)F. The van der Waals surface area contributed by atoms with E-state index in [9.17, 15) is 35.6 Å². The van der Waals surface area contributed by atoms with E-state index in [1.165, 1.54) is 34.6 Å². The maximum atomic E-state index is 13.5. The number of carbonyl (C=O) groups excluding carboxylic acids is 2. The topological polar surface area (TPSA) is 119 Å². The minimum Gasteiger partial charge on any atom is -0.462 e. The van der Waals surface area contributed by atoms with Crippen molar-refractivity contribution >= 4 is 22.0 Å². The van der Waals surface area contributed by atoms with Gasteiger partial charge in [-0.05, 0) is 54.4 Å². The fourth-order valence-electron chi connectivity index (χ4n) is 2.98. The predicted molar refractivity (Wildman–Crippen MR) is 112 cm³/mol. The molecule has 0 saturated carbocycles.